The maximum Gasteiger partial charge on any atom is 0.283 e. The van der Waals surface area contributed by atoms with Gasteiger partial charge in [-0.3, -0.25) is 14.2 Å². The Morgan fingerprint density at radius 3 is 2.44 bits per heavy atom. The highest BCUT2D eigenvalue weighted by molar-refractivity contribution is 8.00. The molecule has 2 aromatic carbocycles. The second kappa shape index (κ2) is 12.6. The lowest BCUT2D eigenvalue weighted by molar-refractivity contribution is -0.0868. The van der Waals surface area contributed by atoms with Crippen LogP contribution in [-0.2, 0) is 6.42 Å². The third-order valence-electron chi connectivity index (χ3n) is 7.23. The van der Waals surface area contributed by atoms with E-state index in [1.54, 1.807) is 6.92 Å². The van der Waals surface area contributed by atoms with Crippen LogP contribution in [0, 0.1) is 17.5 Å². The third kappa shape index (κ3) is 6.61. The fourth-order valence-corrected chi connectivity index (χ4v) is 5.81. The standard InChI is InChI=1S/C27H34F6N4OS/c1-3-39-35-23-6-5-19-20(25(23)31)9-16(2)37(14-27(32,33)15-38)26(19)24-21(29)10-17(11-22(24)30)34-18-12-36(13-18)8-4-7-28/h5-6,10-11,16,18,26,34-35,38H,3-4,7-9,12-15H2,1-2H3. The van der Waals surface area contributed by atoms with E-state index >= 15 is 13.2 Å². The molecule has 2 unspecified atom stereocenters. The predicted octanol–water partition coefficient (Wildman–Crippen LogP) is 5.60. The molecule has 216 valence electrons. The van der Waals surface area contributed by atoms with Gasteiger partial charge in [0.2, 0.25) is 0 Å². The first-order chi connectivity index (χ1) is 18.6. The van der Waals surface area contributed by atoms with E-state index in [0.29, 0.717) is 31.8 Å². The van der Waals surface area contributed by atoms with Crippen molar-refractivity contribution in [3.8, 4) is 0 Å². The number of benzene rings is 2. The zero-order valence-corrected chi connectivity index (χ0v) is 22.7. The number of likely N-dealkylation sites (tertiary alicyclic amines) is 1. The van der Waals surface area contributed by atoms with Gasteiger partial charge in [0.1, 0.15) is 18.2 Å². The summed E-state index contributed by atoms with van der Waals surface area (Å²) in [6.45, 7) is 2.51. The van der Waals surface area contributed by atoms with Crippen molar-refractivity contribution in [2.75, 3.05) is 55.3 Å². The van der Waals surface area contributed by atoms with Crippen LogP contribution in [0.25, 0.3) is 0 Å². The average Bonchev–Trinajstić information content (AvgIpc) is 2.86. The summed E-state index contributed by atoms with van der Waals surface area (Å²) in [6.07, 6.45) is 0.475. The minimum Gasteiger partial charge on any atom is -0.390 e. The molecule has 4 rings (SSSR count). The normalized spacial score (nSPS) is 20.5. The van der Waals surface area contributed by atoms with Gasteiger partial charge in [-0.15, -0.1) is 0 Å². The maximum absolute atomic E-state index is 15.7. The van der Waals surface area contributed by atoms with Crippen LogP contribution in [0.3, 0.4) is 0 Å². The summed E-state index contributed by atoms with van der Waals surface area (Å²) in [5.74, 6) is -5.34. The van der Waals surface area contributed by atoms with Gasteiger partial charge in [-0.2, -0.15) is 0 Å². The Morgan fingerprint density at radius 2 is 1.82 bits per heavy atom. The molecule has 5 nitrogen and oxygen atoms in total. The molecule has 0 spiro atoms. The summed E-state index contributed by atoms with van der Waals surface area (Å²) in [6, 6.07) is 3.10. The van der Waals surface area contributed by atoms with Crippen LogP contribution in [0.1, 0.15) is 43.0 Å². The number of alkyl halides is 3. The molecule has 1 saturated heterocycles. The van der Waals surface area contributed by atoms with Crippen molar-refractivity contribution in [3.63, 3.8) is 0 Å². The van der Waals surface area contributed by atoms with Crippen molar-refractivity contribution in [2.45, 2.75) is 50.7 Å². The van der Waals surface area contributed by atoms with Crippen LogP contribution in [0.2, 0.25) is 0 Å². The Labute approximate surface area is 229 Å². The summed E-state index contributed by atoms with van der Waals surface area (Å²) in [5.41, 5.74) is 0.363. The Kier molecular flexibility index (Phi) is 9.61. The molecule has 0 aromatic heterocycles. The number of aliphatic hydroxyl groups is 1. The minimum absolute atomic E-state index is 0.0505. The molecule has 39 heavy (non-hydrogen) atoms. The molecule has 12 heteroatoms. The van der Waals surface area contributed by atoms with Gasteiger partial charge in [0.05, 0.1) is 31.0 Å². The van der Waals surface area contributed by atoms with Crippen molar-refractivity contribution in [1.29, 1.82) is 0 Å². The van der Waals surface area contributed by atoms with Crippen molar-refractivity contribution in [1.82, 2.24) is 9.80 Å². The molecule has 2 heterocycles. The molecule has 2 aliphatic rings. The van der Waals surface area contributed by atoms with Crippen LogP contribution >= 0.6 is 11.9 Å². The molecule has 1 fully saturated rings. The summed E-state index contributed by atoms with van der Waals surface area (Å²) >= 11 is 1.28. The first-order valence-corrected chi connectivity index (χ1v) is 14.0. The van der Waals surface area contributed by atoms with E-state index in [1.807, 2.05) is 11.8 Å². The molecule has 0 aliphatic carbocycles. The number of fused-ring (bicyclic) bond motifs is 1. The van der Waals surface area contributed by atoms with Crippen molar-refractivity contribution in [2.24, 2.45) is 0 Å². The molecule has 2 aromatic rings. The Morgan fingerprint density at radius 1 is 1.13 bits per heavy atom. The number of hydrogen-bond acceptors (Lipinski definition) is 6. The SMILES string of the molecule is CCSNc1ccc2c(c1F)CC(C)N(CC(F)(F)CO)C2c1c(F)cc(NC2CN(CCCF)C2)cc1F. The van der Waals surface area contributed by atoms with Gasteiger partial charge >= 0.3 is 0 Å². The highest BCUT2D eigenvalue weighted by Crippen LogP contribution is 2.44. The zero-order valence-electron chi connectivity index (χ0n) is 21.9. The highest BCUT2D eigenvalue weighted by Gasteiger charge is 2.43. The molecule has 0 radical (unpaired) electrons. The molecular weight excluding hydrogens is 542 g/mol. The Balaban J connectivity index is 1.69. The van der Waals surface area contributed by atoms with E-state index < -0.39 is 60.8 Å². The molecule has 2 atom stereocenters. The van der Waals surface area contributed by atoms with Crippen molar-refractivity contribution >= 4 is 23.3 Å². The fourth-order valence-electron chi connectivity index (χ4n) is 5.35. The van der Waals surface area contributed by atoms with E-state index in [9.17, 15) is 18.3 Å². The van der Waals surface area contributed by atoms with Crippen molar-refractivity contribution < 1.29 is 31.4 Å². The monoisotopic (exact) mass is 576 g/mol. The van der Waals surface area contributed by atoms with Gasteiger partial charge in [0.15, 0.2) is 5.82 Å². The van der Waals surface area contributed by atoms with Crippen LogP contribution < -0.4 is 10.0 Å². The number of aliphatic hydroxyl groups excluding tert-OH is 1. The predicted molar refractivity (Wildman–Crippen MR) is 143 cm³/mol. The number of hydrogen-bond donors (Lipinski definition) is 3. The van der Waals surface area contributed by atoms with Crippen LogP contribution in [0.15, 0.2) is 24.3 Å². The van der Waals surface area contributed by atoms with E-state index in [0.717, 1.165) is 12.1 Å². The molecule has 2 aliphatic heterocycles. The van der Waals surface area contributed by atoms with Gasteiger partial charge in [-0.25, -0.2) is 22.0 Å². The number of halogens is 6. The van der Waals surface area contributed by atoms with Gasteiger partial charge < -0.3 is 15.1 Å². The summed E-state index contributed by atoms with van der Waals surface area (Å²) in [4.78, 5) is 3.25. The highest BCUT2D eigenvalue weighted by atomic mass is 32.2. The lowest BCUT2D eigenvalue weighted by atomic mass is 9.83. The molecule has 0 amide bonds. The molecule has 0 bridgehead atoms. The van der Waals surface area contributed by atoms with Gasteiger partial charge in [0.25, 0.3) is 5.92 Å². The van der Waals surface area contributed by atoms with Gasteiger partial charge in [0, 0.05) is 42.7 Å². The van der Waals surface area contributed by atoms with Crippen LogP contribution in [-0.4, -0.2) is 78.1 Å². The Hall–Kier alpha value is -2.15. The lowest BCUT2D eigenvalue weighted by Crippen LogP contribution is -2.54. The second-order valence-corrected chi connectivity index (χ2v) is 11.2. The largest absolute Gasteiger partial charge is 0.390 e. The lowest BCUT2D eigenvalue weighted by Gasteiger charge is -2.44. The second-order valence-electron chi connectivity index (χ2n) is 10.2. The smallest absolute Gasteiger partial charge is 0.283 e. The molecule has 3 N–H and O–H groups in total. The third-order valence-corrected chi connectivity index (χ3v) is 7.88. The van der Waals surface area contributed by atoms with E-state index in [2.05, 4.69) is 10.0 Å². The van der Waals surface area contributed by atoms with Crippen molar-refractivity contribution in [3.05, 3.63) is 58.4 Å². The number of rotatable bonds is 12. The van der Waals surface area contributed by atoms with Gasteiger partial charge in [-0.1, -0.05) is 24.9 Å². The number of anilines is 2. The van der Waals surface area contributed by atoms with Gasteiger partial charge in [-0.05, 0) is 49.1 Å². The topological polar surface area (TPSA) is 50.8 Å². The fraction of sp³-hybridized carbons (Fsp3) is 0.556. The zero-order chi connectivity index (χ0) is 28.3. The van der Waals surface area contributed by atoms with Crippen LogP contribution in [0.4, 0.5) is 37.7 Å². The first-order valence-electron chi connectivity index (χ1n) is 13.1. The van der Waals surface area contributed by atoms with E-state index in [4.69, 9.17) is 0 Å². The first kappa shape index (κ1) is 29.8. The summed E-state index contributed by atoms with van der Waals surface area (Å²) < 4.78 is 91.0. The van der Waals surface area contributed by atoms with E-state index in [1.165, 1.54) is 29.0 Å². The molecular formula is C27H34F6N4OS. The average molecular weight is 577 g/mol. The number of nitrogens with one attached hydrogen (secondary N) is 2. The quantitative estimate of drug-likeness (QED) is 0.226. The minimum atomic E-state index is -3.53. The molecule has 0 saturated carbocycles. The Bertz CT molecular complexity index is 1130. The van der Waals surface area contributed by atoms with E-state index in [-0.39, 0.29) is 35.0 Å². The summed E-state index contributed by atoms with van der Waals surface area (Å²) in [5, 5.41) is 12.3. The van der Waals surface area contributed by atoms with Crippen LogP contribution in [0.5, 0.6) is 0 Å². The summed E-state index contributed by atoms with van der Waals surface area (Å²) in [7, 11) is 0. The number of nitrogens with zero attached hydrogens (tertiary/aromatic N) is 2. The maximum atomic E-state index is 15.7.